The number of rotatable bonds is 0. The van der Waals surface area contributed by atoms with E-state index in [1.807, 2.05) is 0 Å². The molecule has 0 aliphatic heterocycles. The average Bonchev–Trinajstić information content (AvgIpc) is 1.85. The van der Waals surface area contributed by atoms with Gasteiger partial charge in [0.15, 0.2) is 0 Å². The summed E-state index contributed by atoms with van der Waals surface area (Å²) in [6.45, 7) is 10.4. The van der Waals surface area contributed by atoms with Gasteiger partial charge in [-0.25, -0.2) is 0 Å². The van der Waals surface area contributed by atoms with E-state index in [9.17, 15) is 0 Å². The molecule has 0 aromatic rings. The van der Waals surface area contributed by atoms with Gasteiger partial charge in [0.1, 0.15) is 0 Å². The van der Waals surface area contributed by atoms with Gasteiger partial charge < -0.3 is 0 Å². The summed E-state index contributed by atoms with van der Waals surface area (Å²) in [7, 11) is 0. The van der Waals surface area contributed by atoms with E-state index in [0.717, 1.165) is 5.57 Å². The maximum atomic E-state index is 3.91. The first kappa shape index (κ1) is 8.32. The lowest BCUT2D eigenvalue weighted by atomic mass is 9.79. The van der Waals surface area contributed by atoms with Gasteiger partial charge in [-0.05, 0) is 19.4 Å². The van der Waals surface area contributed by atoms with Crippen LogP contribution in [0.1, 0.15) is 20.8 Å². The molecule has 0 N–H and O–H groups in total. The molecule has 0 fully saturated rings. The van der Waals surface area contributed by atoms with E-state index in [1.165, 1.54) is 5.57 Å². The van der Waals surface area contributed by atoms with Crippen LogP contribution in [0.25, 0.3) is 0 Å². The van der Waals surface area contributed by atoms with Crippen LogP contribution in [0.3, 0.4) is 0 Å². The Balaban J connectivity index is 3.03. The maximum Gasteiger partial charge on any atom is 0.00778 e. The summed E-state index contributed by atoms with van der Waals surface area (Å²) in [5.74, 6) is 0. The summed E-state index contributed by atoms with van der Waals surface area (Å²) < 4.78 is 0. The van der Waals surface area contributed by atoms with Crippen LogP contribution >= 0.6 is 0 Å². The van der Waals surface area contributed by atoms with E-state index in [4.69, 9.17) is 0 Å². The molecule has 11 heavy (non-hydrogen) atoms. The molecule has 0 nitrogen and oxygen atoms in total. The quantitative estimate of drug-likeness (QED) is 0.493. The van der Waals surface area contributed by atoms with Gasteiger partial charge in [0.05, 0.1) is 0 Å². The Hall–Kier alpha value is -0.780. The lowest BCUT2D eigenvalue weighted by molar-refractivity contribution is 0.587. The van der Waals surface area contributed by atoms with Gasteiger partial charge >= 0.3 is 0 Å². The van der Waals surface area contributed by atoms with Crippen LogP contribution in [0.5, 0.6) is 0 Å². The highest BCUT2D eigenvalue weighted by Crippen LogP contribution is 2.33. The zero-order valence-corrected chi connectivity index (χ0v) is 7.52. The highest BCUT2D eigenvalue weighted by atomic mass is 14.2. The minimum absolute atomic E-state index is 0.167. The Morgan fingerprint density at radius 2 is 2.00 bits per heavy atom. The molecule has 0 saturated heterocycles. The Bertz CT molecular complexity index is 237. The fourth-order valence-electron chi connectivity index (χ4n) is 1.47. The zero-order valence-electron chi connectivity index (χ0n) is 7.52. The molecule has 0 aromatic heterocycles. The van der Waals surface area contributed by atoms with Gasteiger partial charge in [-0.3, -0.25) is 0 Å². The third-order valence-corrected chi connectivity index (χ3v) is 2.08. The van der Waals surface area contributed by atoms with Crippen LogP contribution in [0, 0.1) is 12.3 Å². The second-order valence-electron chi connectivity index (χ2n) is 3.52. The summed E-state index contributed by atoms with van der Waals surface area (Å²) in [5, 5.41) is 0. The molecule has 0 bridgehead atoms. The van der Waals surface area contributed by atoms with Crippen molar-refractivity contribution in [2.75, 3.05) is 0 Å². The maximum absolute atomic E-state index is 3.91. The van der Waals surface area contributed by atoms with Crippen molar-refractivity contribution >= 4 is 0 Å². The monoisotopic (exact) mass is 147 g/mol. The normalized spacial score (nSPS) is 25.5. The van der Waals surface area contributed by atoms with E-state index in [-0.39, 0.29) is 5.41 Å². The molecule has 0 unspecified atom stereocenters. The number of allylic oxidation sites excluding steroid dienone is 6. The van der Waals surface area contributed by atoms with Gasteiger partial charge in [0.25, 0.3) is 0 Å². The number of hydrogen-bond acceptors (Lipinski definition) is 0. The van der Waals surface area contributed by atoms with Crippen molar-refractivity contribution < 1.29 is 0 Å². The standard InChI is InChI=1S/C11H15/c1-5-10-7-6-9(2)8-11(10,3)4/h5-8H,2H2,1,3-4H3. The highest BCUT2D eigenvalue weighted by molar-refractivity contribution is 5.42. The van der Waals surface area contributed by atoms with Crippen molar-refractivity contribution in [3.05, 3.63) is 42.4 Å². The van der Waals surface area contributed by atoms with Crippen LogP contribution in [-0.2, 0) is 0 Å². The van der Waals surface area contributed by atoms with Gasteiger partial charge in [0, 0.05) is 5.41 Å². The highest BCUT2D eigenvalue weighted by Gasteiger charge is 2.20. The third kappa shape index (κ3) is 1.62. The molecular formula is C11H15. The third-order valence-electron chi connectivity index (χ3n) is 2.08. The lowest BCUT2D eigenvalue weighted by Crippen LogP contribution is -2.12. The van der Waals surface area contributed by atoms with Gasteiger partial charge in [0.2, 0.25) is 0 Å². The Labute approximate surface area is 69.3 Å². The molecule has 1 aliphatic rings. The predicted molar refractivity (Wildman–Crippen MR) is 50.1 cm³/mol. The summed E-state index contributed by atoms with van der Waals surface area (Å²) in [6.07, 6.45) is 8.55. The van der Waals surface area contributed by atoms with Crippen molar-refractivity contribution in [2.24, 2.45) is 5.41 Å². The fraction of sp³-hybridized carbons (Fsp3) is 0.364. The van der Waals surface area contributed by atoms with E-state index in [2.05, 4.69) is 52.0 Å². The molecule has 1 rings (SSSR count). The molecule has 1 aliphatic carbocycles. The fourth-order valence-corrected chi connectivity index (χ4v) is 1.47. The van der Waals surface area contributed by atoms with Crippen molar-refractivity contribution in [2.45, 2.75) is 20.8 Å². The Morgan fingerprint density at radius 1 is 1.36 bits per heavy atom. The molecule has 0 atom stereocenters. The minimum atomic E-state index is 0.167. The van der Waals surface area contributed by atoms with Crippen molar-refractivity contribution in [3.8, 4) is 0 Å². The first-order chi connectivity index (χ1) is 5.06. The minimum Gasteiger partial charge on any atom is -0.0836 e. The topological polar surface area (TPSA) is 0 Å². The number of hydrogen-bond donors (Lipinski definition) is 0. The van der Waals surface area contributed by atoms with Gasteiger partial charge in [-0.15, -0.1) is 0 Å². The van der Waals surface area contributed by atoms with Crippen LogP contribution in [0.4, 0.5) is 0 Å². The van der Waals surface area contributed by atoms with E-state index in [0.29, 0.717) is 0 Å². The molecular weight excluding hydrogens is 132 g/mol. The summed E-state index contributed by atoms with van der Waals surface area (Å²) in [4.78, 5) is 0. The molecule has 0 amide bonds. The van der Waals surface area contributed by atoms with Gasteiger partial charge in [-0.1, -0.05) is 43.7 Å². The summed E-state index contributed by atoms with van der Waals surface area (Å²) in [5.41, 5.74) is 2.64. The largest absolute Gasteiger partial charge is 0.0836 e. The van der Waals surface area contributed by atoms with Crippen LogP contribution in [0.15, 0.2) is 35.5 Å². The Kier molecular flexibility index (Phi) is 2.03. The molecule has 59 valence electrons. The molecule has 0 saturated carbocycles. The smallest absolute Gasteiger partial charge is 0.00778 e. The second kappa shape index (κ2) is 2.69. The van der Waals surface area contributed by atoms with E-state index < -0.39 is 0 Å². The van der Waals surface area contributed by atoms with E-state index in [1.54, 1.807) is 0 Å². The van der Waals surface area contributed by atoms with Crippen molar-refractivity contribution in [1.29, 1.82) is 0 Å². The van der Waals surface area contributed by atoms with Crippen LogP contribution in [-0.4, -0.2) is 0 Å². The molecule has 0 heteroatoms. The Morgan fingerprint density at radius 3 is 2.45 bits per heavy atom. The second-order valence-corrected chi connectivity index (χ2v) is 3.52. The van der Waals surface area contributed by atoms with Gasteiger partial charge in [-0.2, -0.15) is 0 Å². The lowest BCUT2D eigenvalue weighted by Gasteiger charge is -2.25. The molecule has 0 heterocycles. The van der Waals surface area contributed by atoms with Crippen LogP contribution < -0.4 is 0 Å². The summed E-state index contributed by atoms with van der Waals surface area (Å²) >= 11 is 0. The first-order valence-corrected chi connectivity index (χ1v) is 3.96. The predicted octanol–water partition coefficient (Wildman–Crippen LogP) is 3.29. The average molecular weight is 147 g/mol. The molecule has 0 aromatic carbocycles. The molecule has 1 radical (unpaired) electrons. The SMILES string of the molecule is [CH2]C1=CC(C)(C)C(=CC)C=C1. The summed E-state index contributed by atoms with van der Waals surface area (Å²) in [6, 6.07) is 0. The molecule has 0 spiro atoms. The first-order valence-electron chi connectivity index (χ1n) is 3.96. The van der Waals surface area contributed by atoms with Crippen molar-refractivity contribution in [1.82, 2.24) is 0 Å². The van der Waals surface area contributed by atoms with Crippen LogP contribution in [0.2, 0.25) is 0 Å². The zero-order chi connectivity index (χ0) is 8.48. The van der Waals surface area contributed by atoms with E-state index >= 15 is 0 Å². The van der Waals surface area contributed by atoms with Crippen molar-refractivity contribution in [3.63, 3.8) is 0 Å².